The molecule has 0 heterocycles. The molecule has 0 aromatic carbocycles. The first-order chi connectivity index (χ1) is 14.5. The van der Waals surface area contributed by atoms with Crippen molar-refractivity contribution in [3.63, 3.8) is 0 Å². The standard InChI is InChI=1S/C26H52O4Si2/c1-17(2)15-24(26(28)30-32(21(9)10,22(11)12)23(13)14)16-25(27)29-31(18(3)4,19(5)6)20(7)8/h16-23H,15H2,1-14H3/b24-16-. The first-order valence-corrected chi connectivity index (χ1v) is 16.9. The van der Waals surface area contributed by atoms with Crippen LogP contribution in [0.2, 0.25) is 33.2 Å². The maximum absolute atomic E-state index is 13.5. The van der Waals surface area contributed by atoms with Crippen molar-refractivity contribution >= 4 is 28.6 Å². The zero-order chi connectivity index (χ0) is 25.6. The predicted octanol–water partition coefficient (Wildman–Crippen LogP) is 8.40. The first kappa shape index (κ1) is 31.1. The number of rotatable bonds is 12. The number of carbonyl (C=O) groups excluding carboxylic acids is 2. The molecule has 32 heavy (non-hydrogen) atoms. The first-order valence-electron chi connectivity index (χ1n) is 12.6. The lowest BCUT2D eigenvalue weighted by atomic mass is 10.0. The van der Waals surface area contributed by atoms with E-state index in [9.17, 15) is 9.59 Å². The lowest BCUT2D eigenvalue weighted by Crippen LogP contribution is -2.50. The van der Waals surface area contributed by atoms with Crippen LogP contribution in [-0.4, -0.2) is 28.6 Å². The number of hydrogen-bond acceptors (Lipinski definition) is 4. The molecule has 0 aliphatic carbocycles. The predicted molar refractivity (Wildman–Crippen MR) is 142 cm³/mol. The van der Waals surface area contributed by atoms with Crippen LogP contribution in [0, 0.1) is 5.92 Å². The molecule has 0 aliphatic rings. The summed E-state index contributed by atoms with van der Waals surface area (Å²) in [7, 11) is -4.76. The van der Waals surface area contributed by atoms with Crippen LogP contribution in [0.3, 0.4) is 0 Å². The SMILES string of the molecule is CC(C)C/C(=C/C(=O)O[Si](C(C)C)(C(C)C)C(C)C)C(=O)O[Si](C(C)C)(C(C)C)C(C)C. The van der Waals surface area contributed by atoms with Crippen LogP contribution < -0.4 is 0 Å². The maximum atomic E-state index is 13.5. The summed E-state index contributed by atoms with van der Waals surface area (Å²) in [5, 5.41) is 0. The Balaban J connectivity index is 6.21. The molecule has 4 nitrogen and oxygen atoms in total. The molecule has 0 unspecified atom stereocenters. The van der Waals surface area contributed by atoms with E-state index in [4.69, 9.17) is 8.85 Å². The minimum atomic E-state index is -2.39. The van der Waals surface area contributed by atoms with E-state index in [0.29, 0.717) is 45.2 Å². The summed E-state index contributed by atoms with van der Waals surface area (Å²) >= 11 is 0. The lowest BCUT2D eigenvalue weighted by Gasteiger charge is -2.42. The van der Waals surface area contributed by atoms with E-state index < -0.39 is 16.6 Å². The fourth-order valence-electron chi connectivity index (χ4n) is 5.92. The molecule has 6 heteroatoms. The van der Waals surface area contributed by atoms with Gasteiger partial charge in [0.05, 0.1) is 0 Å². The van der Waals surface area contributed by atoms with Crippen molar-refractivity contribution in [1.29, 1.82) is 0 Å². The minimum absolute atomic E-state index is 0.233. The molecule has 0 radical (unpaired) electrons. The Hall–Kier alpha value is -0.886. The van der Waals surface area contributed by atoms with Gasteiger partial charge in [-0.3, -0.25) is 0 Å². The topological polar surface area (TPSA) is 52.6 Å². The highest BCUT2D eigenvalue weighted by Crippen LogP contribution is 2.44. The van der Waals surface area contributed by atoms with Crippen LogP contribution in [-0.2, 0) is 18.4 Å². The Morgan fingerprint density at radius 1 is 0.594 bits per heavy atom. The minimum Gasteiger partial charge on any atom is -0.515 e. The van der Waals surface area contributed by atoms with Gasteiger partial charge in [0.25, 0.3) is 16.6 Å². The van der Waals surface area contributed by atoms with Crippen molar-refractivity contribution in [2.45, 2.75) is 137 Å². The van der Waals surface area contributed by atoms with Crippen LogP contribution >= 0.6 is 0 Å². The van der Waals surface area contributed by atoms with Gasteiger partial charge in [-0.2, -0.15) is 0 Å². The summed E-state index contributed by atoms with van der Waals surface area (Å²) in [6.07, 6.45) is 1.95. The van der Waals surface area contributed by atoms with Gasteiger partial charge in [0.2, 0.25) is 0 Å². The average molecular weight is 485 g/mol. The van der Waals surface area contributed by atoms with Gasteiger partial charge in [0, 0.05) is 11.6 Å². The highest BCUT2D eigenvalue weighted by Gasteiger charge is 2.49. The normalized spacial score (nSPS) is 14.0. The molecular formula is C26H52O4Si2. The van der Waals surface area contributed by atoms with Gasteiger partial charge in [-0.1, -0.05) is 96.9 Å². The van der Waals surface area contributed by atoms with E-state index in [2.05, 4.69) is 96.9 Å². The molecule has 0 N–H and O–H groups in total. The molecule has 0 spiro atoms. The van der Waals surface area contributed by atoms with Crippen LogP contribution in [0.1, 0.15) is 103 Å². The molecule has 0 fully saturated rings. The highest BCUT2D eigenvalue weighted by molar-refractivity contribution is 6.79. The number of carbonyl (C=O) groups is 2. The van der Waals surface area contributed by atoms with Crippen molar-refractivity contribution in [3.05, 3.63) is 11.6 Å². The maximum Gasteiger partial charge on any atom is 0.320 e. The second-order valence-corrected chi connectivity index (χ2v) is 22.5. The monoisotopic (exact) mass is 484 g/mol. The fraction of sp³-hybridized carbons (Fsp3) is 0.846. The Kier molecular flexibility index (Phi) is 12.2. The second-order valence-electron chi connectivity index (χ2n) is 11.7. The van der Waals surface area contributed by atoms with Gasteiger partial charge >= 0.3 is 11.9 Å². The van der Waals surface area contributed by atoms with E-state index in [1.54, 1.807) is 0 Å². The third-order valence-electron chi connectivity index (χ3n) is 7.14. The number of hydrogen-bond donors (Lipinski definition) is 0. The molecule has 0 aromatic heterocycles. The Morgan fingerprint density at radius 2 is 0.906 bits per heavy atom. The van der Waals surface area contributed by atoms with Gasteiger partial charge in [0.15, 0.2) is 0 Å². The third-order valence-corrected chi connectivity index (χ3v) is 19.1. The largest absolute Gasteiger partial charge is 0.515 e. The second kappa shape index (κ2) is 12.5. The zero-order valence-corrected chi connectivity index (χ0v) is 25.5. The molecule has 0 bridgehead atoms. The highest BCUT2D eigenvalue weighted by atomic mass is 28.4. The molecule has 0 rings (SSSR count). The van der Waals surface area contributed by atoms with Gasteiger partial charge in [0.1, 0.15) is 0 Å². The van der Waals surface area contributed by atoms with Crippen molar-refractivity contribution in [2.75, 3.05) is 0 Å². The summed E-state index contributed by atoms with van der Waals surface area (Å²) in [5.74, 6) is -0.479. The lowest BCUT2D eigenvalue weighted by molar-refractivity contribution is -0.134. The van der Waals surface area contributed by atoms with Crippen molar-refractivity contribution in [1.82, 2.24) is 0 Å². The van der Waals surface area contributed by atoms with Crippen molar-refractivity contribution < 1.29 is 18.4 Å². The zero-order valence-electron chi connectivity index (χ0n) is 23.5. The third kappa shape index (κ3) is 7.05. The van der Waals surface area contributed by atoms with E-state index in [0.717, 1.165) is 0 Å². The van der Waals surface area contributed by atoms with E-state index in [-0.39, 0.29) is 17.9 Å². The molecule has 0 saturated carbocycles. The fourth-order valence-corrected chi connectivity index (χ4v) is 16.2. The molecular weight excluding hydrogens is 432 g/mol. The Morgan fingerprint density at radius 3 is 1.19 bits per heavy atom. The summed E-state index contributed by atoms with van der Waals surface area (Å²) in [6.45, 7) is 30.0. The van der Waals surface area contributed by atoms with Crippen LogP contribution in [0.5, 0.6) is 0 Å². The Labute approximate surface area is 201 Å². The van der Waals surface area contributed by atoms with Crippen molar-refractivity contribution in [2.24, 2.45) is 5.92 Å². The summed E-state index contributed by atoms with van der Waals surface area (Å²) in [4.78, 5) is 26.6. The van der Waals surface area contributed by atoms with Crippen LogP contribution in [0.4, 0.5) is 0 Å². The van der Waals surface area contributed by atoms with E-state index in [1.807, 2.05) is 0 Å². The average Bonchev–Trinajstić information content (AvgIpc) is 2.60. The van der Waals surface area contributed by atoms with E-state index in [1.165, 1.54) is 6.08 Å². The smallest absolute Gasteiger partial charge is 0.320 e. The quantitative estimate of drug-likeness (QED) is 0.206. The summed E-state index contributed by atoms with van der Waals surface area (Å²) in [6, 6.07) is 0. The molecule has 0 aliphatic heterocycles. The van der Waals surface area contributed by atoms with Gasteiger partial charge in [-0.05, 0) is 45.6 Å². The summed E-state index contributed by atoms with van der Waals surface area (Å²) in [5.41, 5.74) is 2.21. The molecule has 188 valence electrons. The van der Waals surface area contributed by atoms with Gasteiger partial charge in [-0.15, -0.1) is 0 Å². The van der Waals surface area contributed by atoms with Crippen LogP contribution in [0.15, 0.2) is 11.6 Å². The van der Waals surface area contributed by atoms with Crippen LogP contribution in [0.25, 0.3) is 0 Å². The van der Waals surface area contributed by atoms with Gasteiger partial charge in [-0.25, -0.2) is 9.59 Å². The molecule has 0 amide bonds. The molecule has 0 aromatic rings. The van der Waals surface area contributed by atoms with Crippen molar-refractivity contribution in [3.8, 4) is 0 Å². The van der Waals surface area contributed by atoms with Gasteiger partial charge < -0.3 is 8.85 Å². The molecule has 0 atom stereocenters. The molecule has 0 saturated heterocycles. The van der Waals surface area contributed by atoms with E-state index >= 15 is 0 Å². The summed E-state index contributed by atoms with van der Waals surface area (Å²) < 4.78 is 12.7. The Bertz CT molecular complexity index is 603.